The number of thiol groups is 1. The van der Waals surface area contributed by atoms with Gasteiger partial charge in [0.15, 0.2) is 0 Å². The molecule has 0 aliphatic heterocycles. The van der Waals surface area contributed by atoms with Crippen molar-refractivity contribution in [3.8, 4) is 0 Å². The van der Waals surface area contributed by atoms with E-state index in [1.807, 2.05) is 0 Å². The van der Waals surface area contributed by atoms with Gasteiger partial charge in [-0.15, -0.1) is 0 Å². The third-order valence-corrected chi connectivity index (χ3v) is 3.44. The molecule has 0 spiro atoms. The molecule has 0 bridgehead atoms. The molecule has 1 aliphatic rings. The van der Waals surface area contributed by atoms with Crippen LogP contribution in [-0.4, -0.2) is 5.75 Å². The lowest BCUT2D eigenvalue weighted by Crippen LogP contribution is -2.15. The Labute approximate surface area is 76.2 Å². The molecule has 0 heterocycles. The van der Waals surface area contributed by atoms with Crippen LogP contribution in [0.4, 0.5) is 0 Å². The molecule has 0 N–H and O–H groups in total. The van der Waals surface area contributed by atoms with E-state index in [4.69, 9.17) is 0 Å². The highest BCUT2D eigenvalue weighted by Gasteiger charge is 2.18. The number of rotatable bonds is 3. The van der Waals surface area contributed by atoms with E-state index >= 15 is 0 Å². The van der Waals surface area contributed by atoms with Gasteiger partial charge in [-0.25, -0.2) is 0 Å². The van der Waals surface area contributed by atoms with E-state index in [1.54, 1.807) is 0 Å². The molecule has 1 rings (SSSR count). The standard InChI is InChI=1S/C10H20S/c1-2-3-9-4-6-10(8-11)7-5-9/h9-11H,2-8H2,1H3. The second kappa shape index (κ2) is 5.08. The van der Waals surface area contributed by atoms with E-state index in [2.05, 4.69) is 19.6 Å². The molecule has 0 saturated heterocycles. The van der Waals surface area contributed by atoms with E-state index in [0.29, 0.717) is 0 Å². The highest BCUT2D eigenvalue weighted by atomic mass is 32.1. The van der Waals surface area contributed by atoms with Crippen molar-refractivity contribution >= 4 is 12.6 Å². The maximum atomic E-state index is 4.35. The van der Waals surface area contributed by atoms with Crippen molar-refractivity contribution in [1.82, 2.24) is 0 Å². The smallest absolute Gasteiger partial charge is 0.00695 e. The van der Waals surface area contributed by atoms with Gasteiger partial charge in [0.05, 0.1) is 0 Å². The summed E-state index contributed by atoms with van der Waals surface area (Å²) in [4.78, 5) is 0. The van der Waals surface area contributed by atoms with Crippen molar-refractivity contribution in [1.29, 1.82) is 0 Å². The molecule has 0 aromatic carbocycles. The Balaban J connectivity index is 2.14. The van der Waals surface area contributed by atoms with Crippen molar-refractivity contribution < 1.29 is 0 Å². The fraction of sp³-hybridized carbons (Fsp3) is 1.00. The lowest BCUT2D eigenvalue weighted by Gasteiger charge is -2.27. The van der Waals surface area contributed by atoms with Gasteiger partial charge in [-0.1, -0.05) is 32.6 Å². The van der Waals surface area contributed by atoms with E-state index in [0.717, 1.165) is 17.6 Å². The van der Waals surface area contributed by atoms with Crippen LogP contribution < -0.4 is 0 Å². The summed E-state index contributed by atoms with van der Waals surface area (Å²) in [5.41, 5.74) is 0. The molecule has 0 radical (unpaired) electrons. The number of hydrogen-bond acceptors (Lipinski definition) is 1. The van der Waals surface area contributed by atoms with Gasteiger partial charge in [0.1, 0.15) is 0 Å². The highest BCUT2D eigenvalue weighted by Crippen LogP contribution is 2.31. The molecule has 66 valence electrons. The molecular formula is C10H20S. The molecule has 1 heteroatoms. The van der Waals surface area contributed by atoms with Crippen LogP contribution in [0, 0.1) is 11.8 Å². The summed E-state index contributed by atoms with van der Waals surface area (Å²) >= 11 is 4.35. The topological polar surface area (TPSA) is 0 Å². The third-order valence-electron chi connectivity index (χ3n) is 2.92. The Morgan fingerprint density at radius 3 is 2.09 bits per heavy atom. The fourth-order valence-electron chi connectivity index (χ4n) is 2.11. The normalized spacial score (nSPS) is 32.2. The minimum atomic E-state index is 0.937. The van der Waals surface area contributed by atoms with Gasteiger partial charge in [-0.3, -0.25) is 0 Å². The Morgan fingerprint density at radius 2 is 1.64 bits per heavy atom. The second-order valence-corrected chi connectivity index (χ2v) is 4.22. The van der Waals surface area contributed by atoms with E-state index in [-0.39, 0.29) is 0 Å². The second-order valence-electron chi connectivity index (χ2n) is 3.86. The van der Waals surface area contributed by atoms with Crippen LogP contribution >= 0.6 is 12.6 Å². The summed E-state index contributed by atoms with van der Waals surface area (Å²) in [7, 11) is 0. The predicted octanol–water partition coefficient (Wildman–Crippen LogP) is 3.52. The Hall–Kier alpha value is 0.350. The summed E-state index contributed by atoms with van der Waals surface area (Å²) in [5, 5.41) is 0. The summed E-state index contributed by atoms with van der Waals surface area (Å²) in [6.45, 7) is 2.30. The van der Waals surface area contributed by atoms with Crippen LogP contribution in [0.15, 0.2) is 0 Å². The molecule has 1 aliphatic carbocycles. The predicted molar refractivity (Wildman–Crippen MR) is 54.2 cm³/mol. The first-order valence-electron chi connectivity index (χ1n) is 4.97. The van der Waals surface area contributed by atoms with Crippen molar-refractivity contribution in [2.75, 3.05) is 5.75 Å². The molecule has 1 saturated carbocycles. The summed E-state index contributed by atoms with van der Waals surface area (Å²) in [6, 6.07) is 0. The molecule has 0 atom stereocenters. The average molecular weight is 172 g/mol. The molecule has 11 heavy (non-hydrogen) atoms. The molecule has 0 amide bonds. The largest absolute Gasteiger partial charge is 0.179 e. The first-order chi connectivity index (χ1) is 5.36. The van der Waals surface area contributed by atoms with Crippen molar-refractivity contribution in [2.24, 2.45) is 11.8 Å². The lowest BCUT2D eigenvalue weighted by atomic mass is 9.81. The van der Waals surface area contributed by atoms with E-state index in [9.17, 15) is 0 Å². The van der Waals surface area contributed by atoms with Gasteiger partial charge < -0.3 is 0 Å². The minimum absolute atomic E-state index is 0.937. The summed E-state index contributed by atoms with van der Waals surface area (Å²) < 4.78 is 0. The van der Waals surface area contributed by atoms with Crippen molar-refractivity contribution in [2.45, 2.75) is 45.4 Å². The summed E-state index contributed by atoms with van der Waals surface area (Å²) in [5.74, 6) is 3.10. The number of hydrogen-bond donors (Lipinski definition) is 1. The van der Waals surface area contributed by atoms with E-state index in [1.165, 1.54) is 38.5 Å². The Kier molecular flexibility index (Phi) is 4.36. The highest BCUT2D eigenvalue weighted by molar-refractivity contribution is 7.80. The maximum absolute atomic E-state index is 4.35. The van der Waals surface area contributed by atoms with Gasteiger partial charge in [0.2, 0.25) is 0 Å². The quantitative estimate of drug-likeness (QED) is 0.619. The van der Waals surface area contributed by atoms with Gasteiger partial charge in [-0.2, -0.15) is 12.6 Å². The zero-order chi connectivity index (χ0) is 8.10. The van der Waals surface area contributed by atoms with Crippen LogP contribution in [-0.2, 0) is 0 Å². The maximum Gasteiger partial charge on any atom is -0.00695 e. The summed E-state index contributed by atoms with van der Waals surface area (Å²) in [6.07, 6.45) is 8.65. The molecule has 1 fully saturated rings. The Morgan fingerprint density at radius 1 is 1.09 bits per heavy atom. The third kappa shape index (κ3) is 3.06. The molecule has 0 unspecified atom stereocenters. The molecular weight excluding hydrogens is 152 g/mol. The van der Waals surface area contributed by atoms with E-state index < -0.39 is 0 Å². The Bertz CT molecular complexity index is 93.0. The molecule has 0 nitrogen and oxygen atoms in total. The first kappa shape index (κ1) is 9.44. The fourth-order valence-corrected chi connectivity index (χ4v) is 2.48. The van der Waals surface area contributed by atoms with Crippen molar-refractivity contribution in [3.05, 3.63) is 0 Å². The zero-order valence-electron chi connectivity index (χ0n) is 7.55. The SMILES string of the molecule is CCCC1CCC(CS)CC1. The molecule has 0 aromatic rings. The minimum Gasteiger partial charge on any atom is -0.179 e. The van der Waals surface area contributed by atoms with Crippen molar-refractivity contribution in [3.63, 3.8) is 0 Å². The lowest BCUT2D eigenvalue weighted by molar-refractivity contribution is 0.279. The monoisotopic (exact) mass is 172 g/mol. The van der Waals surface area contributed by atoms with Crippen LogP contribution in [0.3, 0.4) is 0 Å². The van der Waals surface area contributed by atoms with Crippen LogP contribution in [0.5, 0.6) is 0 Å². The first-order valence-corrected chi connectivity index (χ1v) is 5.61. The zero-order valence-corrected chi connectivity index (χ0v) is 8.45. The van der Waals surface area contributed by atoms with Gasteiger partial charge in [0, 0.05) is 0 Å². The molecule has 0 aromatic heterocycles. The van der Waals surface area contributed by atoms with Gasteiger partial charge in [0.25, 0.3) is 0 Å². The van der Waals surface area contributed by atoms with Crippen LogP contribution in [0.2, 0.25) is 0 Å². The van der Waals surface area contributed by atoms with Gasteiger partial charge >= 0.3 is 0 Å². The van der Waals surface area contributed by atoms with Gasteiger partial charge in [-0.05, 0) is 30.4 Å². The van der Waals surface area contributed by atoms with Crippen LogP contribution in [0.25, 0.3) is 0 Å². The van der Waals surface area contributed by atoms with Crippen LogP contribution in [0.1, 0.15) is 45.4 Å². The average Bonchev–Trinajstić information content (AvgIpc) is 2.07.